The van der Waals surface area contributed by atoms with Crippen LogP contribution in [0, 0.1) is 0 Å². The standard InChI is InChI=1S/C10H20O3/c1-3-5-7-9(10(11)12)13-8-6-4-2/h9H,3-8H2,1-2H3,(H,11,12)/p-1. The number of ether oxygens (including phenoxy) is 1. The average Bonchev–Trinajstić information content (AvgIpc) is 2.10. The molecule has 0 saturated carbocycles. The van der Waals surface area contributed by atoms with Crippen LogP contribution in [0.5, 0.6) is 0 Å². The number of rotatable bonds is 8. The lowest BCUT2D eigenvalue weighted by Gasteiger charge is -2.18. The molecule has 1 atom stereocenters. The monoisotopic (exact) mass is 187 g/mol. The van der Waals surface area contributed by atoms with Gasteiger partial charge in [0.25, 0.3) is 0 Å². The number of hydrogen-bond acceptors (Lipinski definition) is 3. The third kappa shape index (κ3) is 6.58. The van der Waals surface area contributed by atoms with Gasteiger partial charge in [0.05, 0.1) is 12.1 Å². The zero-order valence-corrected chi connectivity index (χ0v) is 8.54. The highest BCUT2D eigenvalue weighted by molar-refractivity contribution is 5.69. The molecule has 0 aromatic rings. The van der Waals surface area contributed by atoms with E-state index in [0.29, 0.717) is 13.0 Å². The lowest BCUT2D eigenvalue weighted by atomic mass is 10.1. The summed E-state index contributed by atoms with van der Waals surface area (Å²) >= 11 is 0. The Balaban J connectivity index is 3.61. The summed E-state index contributed by atoms with van der Waals surface area (Å²) in [5.41, 5.74) is 0. The number of unbranched alkanes of at least 4 members (excludes halogenated alkanes) is 2. The Kier molecular flexibility index (Phi) is 7.69. The summed E-state index contributed by atoms with van der Waals surface area (Å²) in [6.07, 6.45) is 3.67. The summed E-state index contributed by atoms with van der Waals surface area (Å²) in [4.78, 5) is 10.6. The van der Waals surface area contributed by atoms with E-state index in [1.54, 1.807) is 0 Å². The van der Waals surface area contributed by atoms with Crippen molar-refractivity contribution in [3.8, 4) is 0 Å². The van der Waals surface area contributed by atoms with E-state index in [1.807, 2.05) is 13.8 Å². The predicted octanol–water partition coefficient (Wildman–Crippen LogP) is 1.11. The van der Waals surface area contributed by atoms with Crippen LogP contribution in [-0.4, -0.2) is 18.7 Å². The Bertz CT molecular complexity index is 134. The third-order valence-electron chi connectivity index (χ3n) is 1.90. The van der Waals surface area contributed by atoms with E-state index in [9.17, 15) is 9.90 Å². The molecule has 0 saturated heterocycles. The van der Waals surface area contributed by atoms with Gasteiger partial charge in [-0.3, -0.25) is 0 Å². The summed E-state index contributed by atoms with van der Waals surface area (Å²) < 4.78 is 5.18. The summed E-state index contributed by atoms with van der Waals surface area (Å²) in [6.45, 7) is 4.60. The number of aliphatic carboxylic acids is 1. The van der Waals surface area contributed by atoms with Gasteiger partial charge in [-0.1, -0.05) is 33.1 Å². The fourth-order valence-electron chi connectivity index (χ4n) is 1.03. The maximum absolute atomic E-state index is 10.6. The highest BCUT2D eigenvalue weighted by Crippen LogP contribution is 2.05. The second-order valence-electron chi connectivity index (χ2n) is 3.17. The van der Waals surface area contributed by atoms with Gasteiger partial charge in [-0.05, 0) is 12.8 Å². The predicted molar refractivity (Wildman–Crippen MR) is 49.2 cm³/mol. The van der Waals surface area contributed by atoms with E-state index in [0.717, 1.165) is 25.7 Å². The van der Waals surface area contributed by atoms with Crippen LogP contribution in [0.15, 0.2) is 0 Å². The van der Waals surface area contributed by atoms with E-state index in [4.69, 9.17) is 4.74 Å². The van der Waals surface area contributed by atoms with Gasteiger partial charge < -0.3 is 14.6 Å². The number of carbonyl (C=O) groups excluding carboxylic acids is 1. The van der Waals surface area contributed by atoms with Crippen molar-refractivity contribution in [3.63, 3.8) is 0 Å². The molecule has 3 heteroatoms. The Morgan fingerprint density at radius 2 is 1.92 bits per heavy atom. The van der Waals surface area contributed by atoms with E-state index < -0.39 is 12.1 Å². The summed E-state index contributed by atoms with van der Waals surface area (Å²) in [6, 6.07) is 0. The maximum Gasteiger partial charge on any atom is 0.0968 e. The largest absolute Gasteiger partial charge is 0.547 e. The van der Waals surface area contributed by atoms with Crippen molar-refractivity contribution in [3.05, 3.63) is 0 Å². The van der Waals surface area contributed by atoms with Gasteiger partial charge in [0, 0.05) is 6.61 Å². The van der Waals surface area contributed by atoms with Gasteiger partial charge in [-0.25, -0.2) is 0 Å². The second-order valence-corrected chi connectivity index (χ2v) is 3.17. The normalized spacial score (nSPS) is 12.8. The van der Waals surface area contributed by atoms with Gasteiger partial charge >= 0.3 is 0 Å². The molecule has 0 heterocycles. The quantitative estimate of drug-likeness (QED) is 0.535. The lowest BCUT2D eigenvalue weighted by molar-refractivity contribution is -0.317. The topological polar surface area (TPSA) is 49.4 Å². The van der Waals surface area contributed by atoms with Crippen LogP contribution in [-0.2, 0) is 9.53 Å². The summed E-state index contributed by atoms with van der Waals surface area (Å²) in [5, 5.41) is 10.6. The molecule has 0 aliphatic heterocycles. The van der Waals surface area contributed by atoms with Crippen molar-refractivity contribution >= 4 is 5.97 Å². The molecule has 1 unspecified atom stereocenters. The first-order chi connectivity index (χ1) is 6.22. The van der Waals surface area contributed by atoms with Gasteiger partial charge in [0.15, 0.2) is 0 Å². The van der Waals surface area contributed by atoms with Crippen molar-refractivity contribution in [1.82, 2.24) is 0 Å². The van der Waals surface area contributed by atoms with Crippen molar-refractivity contribution in [2.24, 2.45) is 0 Å². The molecular weight excluding hydrogens is 168 g/mol. The molecule has 0 radical (unpaired) electrons. The Morgan fingerprint density at radius 3 is 2.38 bits per heavy atom. The smallest absolute Gasteiger partial charge is 0.0968 e. The molecular formula is C10H19O3-. The third-order valence-corrected chi connectivity index (χ3v) is 1.90. The SMILES string of the molecule is CCCCOC(CCCC)C(=O)[O-]. The fraction of sp³-hybridized carbons (Fsp3) is 0.900. The van der Waals surface area contributed by atoms with Gasteiger partial charge in [0.1, 0.15) is 0 Å². The molecule has 0 N–H and O–H groups in total. The minimum absolute atomic E-state index is 0.527. The lowest BCUT2D eigenvalue weighted by Crippen LogP contribution is -2.37. The number of carbonyl (C=O) groups is 1. The average molecular weight is 187 g/mol. The highest BCUT2D eigenvalue weighted by atomic mass is 16.5. The van der Waals surface area contributed by atoms with Crippen molar-refractivity contribution in [2.45, 2.75) is 52.1 Å². The first-order valence-electron chi connectivity index (χ1n) is 5.04. The first-order valence-corrected chi connectivity index (χ1v) is 5.04. The van der Waals surface area contributed by atoms with Crippen LogP contribution in [0.1, 0.15) is 46.0 Å². The van der Waals surface area contributed by atoms with E-state index >= 15 is 0 Å². The summed E-state index contributed by atoms with van der Waals surface area (Å²) in [5.74, 6) is -1.08. The van der Waals surface area contributed by atoms with E-state index in [2.05, 4.69) is 0 Å². The summed E-state index contributed by atoms with van der Waals surface area (Å²) in [7, 11) is 0. The number of carboxylic acid groups (broad SMARTS) is 1. The molecule has 0 bridgehead atoms. The van der Waals surface area contributed by atoms with E-state index in [-0.39, 0.29) is 0 Å². The van der Waals surface area contributed by atoms with Gasteiger partial charge in [0.2, 0.25) is 0 Å². The number of carboxylic acids is 1. The van der Waals surface area contributed by atoms with Crippen LogP contribution in [0.4, 0.5) is 0 Å². The Labute approximate surface area is 80.1 Å². The minimum Gasteiger partial charge on any atom is -0.547 e. The molecule has 0 rings (SSSR count). The Morgan fingerprint density at radius 1 is 1.31 bits per heavy atom. The molecule has 0 aliphatic rings. The van der Waals surface area contributed by atoms with Crippen molar-refractivity contribution < 1.29 is 14.6 Å². The Hall–Kier alpha value is -0.570. The van der Waals surface area contributed by atoms with Crippen LogP contribution < -0.4 is 5.11 Å². The maximum atomic E-state index is 10.6. The van der Waals surface area contributed by atoms with Crippen LogP contribution in [0.25, 0.3) is 0 Å². The highest BCUT2D eigenvalue weighted by Gasteiger charge is 2.08. The van der Waals surface area contributed by atoms with Crippen LogP contribution >= 0.6 is 0 Å². The van der Waals surface area contributed by atoms with Gasteiger partial charge in [-0.2, -0.15) is 0 Å². The molecule has 0 spiro atoms. The molecule has 0 aromatic carbocycles. The van der Waals surface area contributed by atoms with Gasteiger partial charge in [-0.15, -0.1) is 0 Å². The molecule has 13 heavy (non-hydrogen) atoms. The molecule has 3 nitrogen and oxygen atoms in total. The second kappa shape index (κ2) is 8.05. The zero-order chi connectivity index (χ0) is 10.1. The minimum atomic E-state index is -1.08. The first kappa shape index (κ1) is 12.4. The van der Waals surface area contributed by atoms with Crippen LogP contribution in [0.2, 0.25) is 0 Å². The van der Waals surface area contributed by atoms with Crippen molar-refractivity contribution in [1.29, 1.82) is 0 Å². The molecule has 0 fully saturated rings. The number of hydrogen-bond donors (Lipinski definition) is 0. The molecule has 0 amide bonds. The van der Waals surface area contributed by atoms with E-state index in [1.165, 1.54) is 0 Å². The van der Waals surface area contributed by atoms with Crippen LogP contribution in [0.3, 0.4) is 0 Å². The molecule has 0 aliphatic carbocycles. The molecule has 0 aromatic heterocycles. The zero-order valence-electron chi connectivity index (χ0n) is 8.54. The van der Waals surface area contributed by atoms with Crippen molar-refractivity contribution in [2.75, 3.05) is 6.61 Å². The molecule has 78 valence electrons. The fourth-order valence-corrected chi connectivity index (χ4v) is 1.03.